The molecule has 0 amide bonds. The van der Waals surface area contributed by atoms with Gasteiger partial charge in [0.05, 0.1) is 12.3 Å². The summed E-state index contributed by atoms with van der Waals surface area (Å²) in [7, 11) is 0. The first kappa shape index (κ1) is 10.4. The summed E-state index contributed by atoms with van der Waals surface area (Å²) in [5.41, 5.74) is 0. The average molecular weight is 207 g/mol. The molecule has 1 aliphatic heterocycles. The number of likely N-dealkylation sites (N-methyl/N-ethyl adjacent to an activating group) is 1. The molecule has 4 heteroatoms. The fraction of sp³-hybridized carbons (Fsp3) is 0.636. The number of hydrogen-bond donors (Lipinski definition) is 0. The standard InChI is InChI=1S/C11H17N3O/c1-2-14(9-10-4-3-7-15-10)11-8-12-5-6-13-11/h5-6,8,10H,2-4,7,9H2,1H3. The Balaban J connectivity index is 1.97. The van der Waals surface area contributed by atoms with Crippen molar-refractivity contribution in [2.24, 2.45) is 0 Å². The van der Waals surface area contributed by atoms with Gasteiger partial charge in [-0.15, -0.1) is 0 Å². The number of rotatable bonds is 4. The van der Waals surface area contributed by atoms with Crippen molar-refractivity contribution in [1.29, 1.82) is 0 Å². The number of hydrogen-bond acceptors (Lipinski definition) is 4. The van der Waals surface area contributed by atoms with E-state index in [0.29, 0.717) is 6.10 Å². The molecule has 2 rings (SSSR count). The van der Waals surface area contributed by atoms with Crippen LogP contribution in [0.5, 0.6) is 0 Å². The lowest BCUT2D eigenvalue weighted by Gasteiger charge is -2.24. The van der Waals surface area contributed by atoms with Crippen LogP contribution < -0.4 is 4.90 Å². The monoisotopic (exact) mass is 207 g/mol. The van der Waals surface area contributed by atoms with E-state index in [1.165, 1.54) is 6.42 Å². The number of ether oxygens (including phenoxy) is 1. The molecule has 0 spiro atoms. The van der Waals surface area contributed by atoms with E-state index in [9.17, 15) is 0 Å². The molecular weight excluding hydrogens is 190 g/mol. The van der Waals surface area contributed by atoms with E-state index >= 15 is 0 Å². The molecule has 1 aromatic rings. The third-order valence-electron chi connectivity index (χ3n) is 2.70. The Morgan fingerprint density at radius 1 is 1.53 bits per heavy atom. The molecule has 4 nitrogen and oxygen atoms in total. The summed E-state index contributed by atoms with van der Waals surface area (Å²) in [5, 5.41) is 0. The first-order chi connectivity index (χ1) is 7.40. The highest BCUT2D eigenvalue weighted by atomic mass is 16.5. The van der Waals surface area contributed by atoms with Crippen molar-refractivity contribution in [3.8, 4) is 0 Å². The third-order valence-corrected chi connectivity index (χ3v) is 2.70. The van der Waals surface area contributed by atoms with Crippen molar-refractivity contribution in [2.45, 2.75) is 25.9 Å². The maximum atomic E-state index is 5.62. The van der Waals surface area contributed by atoms with Gasteiger partial charge in [-0.25, -0.2) is 4.98 Å². The Bertz CT molecular complexity index is 285. The van der Waals surface area contributed by atoms with E-state index in [1.54, 1.807) is 18.6 Å². The summed E-state index contributed by atoms with van der Waals surface area (Å²) in [6, 6.07) is 0. The lowest BCUT2D eigenvalue weighted by Crippen LogP contribution is -2.32. The second-order valence-corrected chi connectivity index (χ2v) is 3.74. The van der Waals surface area contributed by atoms with E-state index in [2.05, 4.69) is 21.8 Å². The van der Waals surface area contributed by atoms with Gasteiger partial charge in [0.15, 0.2) is 0 Å². The van der Waals surface area contributed by atoms with Crippen LogP contribution in [0.15, 0.2) is 18.6 Å². The van der Waals surface area contributed by atoms with Gasteiger partial charge in [0, 0.05) is 32.1 Å². The molecule has 0 aromatic carbocycles. The predicted molar refractivity (Wildman–Crippen MR) is 58.9 cm³/mol. The van der Waals surface area contributed by atoms with Crippen LogP contribution in [0.2, 0.25) is 0 Å². The Hall–Kier alpha value is -1.16. The van der Waals surface area contributed by atoms with Crippen molar-refractivity contribution in [3.05, 3.63) is 18.6 Å². The van der Waals surface area contributed by atoms with Gasteiger partial charge < -0.3 is 9.64 Å². The molecular formula is C11H17N3O. The lowest BCUT2D eigenvalue weighted by molar-refractivity contribution is 0.115. The minimum absolute atomic E-state index is 0.368. The summed E-state index contributed by atoms with van der Waals surface area (Å²) < 4.78 is 5.62. The van der Waals surface area contributed by atoms with Crippen LogP contribution in [0.1, 0.15) is 19.8 Å². The molecule has 0 radical (unpaired) electrons. The maximum absolute atomic E-state index is 5.62. The second-order valence-electron chi connectivity index (χ2n) is 3.74. The van der Waals surface area contributed by atoms with E-state index in [-0.39, 0.29) is 0 Å². The molecule has 1 unspecified atom stereocenters. The van der Waals surface area contributed by atoms with Crippen LogP contribution in [-0.2, 0) is 4.74 Å². The van der Waals surface area contributed by atoms with Gasteiger partial charge in [-0.05, 0) is 19.8 Å². The Morgan fingerprint density at radius 3 is 3.07 bits per heavy atom. The fourth-order valence-electron chi connectivity index (χ4n) is 1.87. The summed E-state index contributed by atoms with van der Waals surface area (Å²) in [6.07, 6.45) is 7.95. The number of anilines is 1. The molecule has 0 N–H and O–H groups in total. The first-order valence-electron chi connectivity index (χ1n) is 5.52. The van der Waals surface area contributed by atoms with Crippen molar-refractivity contribution in [3.63, 3.8) is 0 Å². The van der Waals surface area contributed by atoms with E-state index < -0.39 is 0 Å². The summed E-state index contributed by atoms with van der Waals surface area (Å²) in [6.45, 7) is 4.90. The zero-order chi connectivity index (χ0) is 10.5. The first-order valence-corrected chi connectivity index (χ1v) is 5.52. The molecule has 0 bridgehead atoms. The number of aromatic nitrogens is 2. The Labute approximate surface area is 90.3 Å². The normalized spacial score (nSPS) is 20.5. The van der Waals surface area contributed by atoms with E-state index in [0.717, 1.165) is 31.9 Å². The fourth-order valence-corrected chi connectivity index (χ4v) is 1.87. The van der Waals surface area contributed by atoms with Gasteiger partial charge in [0.1, 0.15) is 5.82 Å². The Kier molecular flexibility index (Phi) is 3.50. The van der Waals surface area contributed by atoms with Crippen molar-refractivity contribution >= 4 is 5.82 Å². The highest BCUT2D eigenvalue weighted by molar-refractivity contribution is 5.34. The van der Waals surface area contributed by atoms with Crippen molar-refractivity contribution in [2.75, 3.05) is 24.6 Å². The van der Waals surface area contributed by atoms with Gasteiger partial charge in [0.25, 0.3) is 0 Å². The molecule has 1 aliphatic rings. The van der Waals surface area contributed by atoms with Crippen molar-refractivity contribution in [1.82, 2.24) is 9.97 Å². The van der Waals surface area contributed by atoms with E-state index in [1.807, 2.05) is 0 Å². The minimum Gasteiger partial charge on any atom is -0.376 e. The van der Waals surface area contributed by atoms with Crippen LogP contribution in [0, 0.1) is 0 Å². The molecule has 0 aliphatic carbocycles. The minimum atomic E-state index is 0.368. The molecule has 2 heterocycles. The molecule has 1 saturated heterocycles. The summed E-state index contributed by atoms with van der Waals surface area (Å²) in [5.74, 6) is 0.940. The zero-order valence-corrected chi connectivity index (χ0v) is 9.09. The molecule has 1 aromatic heterocycles. The van der Waals surface area contributed by atoms with Crippen LogP contribution >= 0.6 is 0 Å². The van der Waals surface area contributed by atoms with Crippen LogP contribution in [-0.4, -0.2) is 35.8 Å². The zero-order valence-electron chi connectivity index (χ0n) is 9.09. The summed E-state index contributed by atoms with van der Waals surface area (Å²) in [4.78, 5) is 10.6. The lowest BCUT2D eigenvalue weighted by atomic mass is 10.2. The van der Waals surface area contributed by atoms with Gasteiger partial charge in [-0.3, -0.25) is 4.98 Å². The summed E-state index contributed by atoms with van der Waals surface area (Å²) >= 11 is 0. The molecule has 82 valence electrons. The smallest absolute Gasteiger partial charge is 0.147 e. The number of nitrogens with zero attached hydrogens (tertiary/aromatic N) is 3. The van der Waals surface area contributed by atoms with Gasteiger partial charge >= 0.3 is 0 Å². The molecule has 1 atom stereocenters. The largest absolute Gasteiger partial charge is 0.376 e. The SMILES string of the molecule is CCN(CC1CCCO1)c1cnccn1. The van der Waals surface area contributed by atoms with Gasteiger partial charge in [-0.2, -0.15) is 0 Å². The average Bonchev–Trinajstić information content (AvgIpc) is 2.80. The Morgan fingerprint density at radius 2 is 2.47 bits per heavy atom. The highest BCUT2D eigenvalue weighted by Crippen LogP contribution is 2.16. The third kappa shape index (κ3) is 2.65. The maximum Gasteiger partial charge on any atom is 0.147 e. The van der Waals surface area contributed by atoms with Crippen LogP contribution in [0.4, 0.5) is 5.82 Å². The highest BCUT2D eigenvalue weighted by Gasteiger charge is 2.19. The van der Waals surface area contributed by atoms with Gasteiger partial charge in [0.2, 0.25) is 0 Å². The molecule has 15 heavy (non-hydrogen) atoms. The van der Waals surface area contributed by atoms with Crippen molar-refractivity contribution < 1.29 is 4.74 Å². The topological polar surface area (TPSA) is 38.2 Å². The van der Waals surface area contributed by atoms with Crippen LogP contribution in [0.25, 0.3) is 0 Å². The van der Waals surface area contributed by atoms with E-state index in [4.69, 9.17) is 4.74 Å². The quantitative estimate of drug-likeness (QED) is 0.749. The predicted octanol–water partition coefficient (Wildman–Crippen LogP) is 1.48. The second kappa shape index (κ2) is 5.07. The molecule has 0 saturated carbocycles. The van der Waals surface area contributed by atoms with Gasteiger partial charge in [-0.1, -0.05) is 0 Å². The van der Waals surface area contributed by atoms with Crippen LogP contribution in [0.3, 0.4) is 0 Å². The molecule has 1 fully saturated rings.